The summed E-state index contributed by atoms with van der Waals surface area (Å²) in [6.07, 6.45) is 1.61. The highest BCUT2D eigenvalue weighted by atomic mass is 32.2. The van der Waals surface area contributed by atoms with E-state index in [9.17, 15) is 4.79 Å². The van der Waals surface area contributed by atoms with Gasteiger partial charge in [-0.05, 0) is 39.3 Å². The van der Waals surface area contributed by atoms with Crippen LogP contribution in [0.4, 0.5) is 0 Å². The van der Waals surface area contributed by atoms with Gasteiger partial charge >= 0.3 is 0 Å². The molecule has 2 rings (SSSR count). The zero-order valence-corrected chi connectivity index (χ0v) is 14.2. The summed E-state index contributed by atoms with van der Waals surface area (Å²) in [5.41, 5.74) is 2.57. The number of nitrogens with one attached hydrogen (secondary N) is 1. The highest BCUT2D eigenvalue weighted by Crippen LogP contribution is 2.15. The fraction of sp³-hybridized carbons (Fsp3) is 0.467. The second-order valence-electron chi connectivity index (χ2n) is 5.00. The number of amides is 1. The lowest BCUT2D eigenvalue weighted by Gasteiger charge is -2.07. The molecule has 0 fully saturated rings. The molecule has 0 aromatic carbocycles. The molecule has 0 aliphatic carbocycles. The maximum absolute atomic E-state index is 12.1. The van der Waals surface area contributed by atoms with Crippen molar-refractivity contribution in [1.29, 1.82) is 0 Å². The Morgan fingerprint density at radius 2 is 2.09 bits per heavy atom. The predicted octanol–water partition coefficient (Wildman–Crippen LogP) is 2.14. The van der Waals surface area contributed by atoms with Gasteiger partial charge in [0.05, 0.1) is 5.56 Å². The normalized spacial score (nSPS) is 10.7. The number of nitrogens with zero attached hydrogens (tertiary/aromatic N) is 4. The maximum Gasteiger partial charge on any atom is 0.252 e. The molecule has 22 heavy (non-hydrogen) atoms. The van der Waals surface area contributed by atoms with Crippen molar-refractivity contribution in [2.24, 2.45) is 0 Å². The Bertz CT molecular complexity index is 668. The monoisotopic (exact) mass is 319 g/mol. The highest BCUT2D eigenvalue weighted by molar-refractivity contribution is 7.99. The number of hydrogen-bond acceptors (Lipinski definition) is 5. The van der Waals surface area contributed by atoms with Crippen molar-refractivity contribution in [3.8, 4) is 0 Å². The molecular formula is C15H21N5OS. The zero-order chi connectivity index (χ0) is 16.1. The van der Waals surface area contributed by atoms with Gasteiger partial charge in [0, 0.05) is 30.7 Å². The van der Waals surface area contributed by atoms with Crippen molar-refractivity contribution >= 4 is 17.7 Å². The summed E-state index contributed by atoms with van der Waals surface area (Å²) in [5.74, 6) is 1.57. The molecule has 0 atom stereocenters. The molecule has 0 aliphatic heterocycles. The second-order valence-corrected chi connectivity index (χ2v) is 6.07. The van der Waals surface area contributed by atoms with E-state index in [1.807, 2.05) is 26.8 Å². The summed E-state index contributed by atoms with van der Waals surface area (Å²) >= 11 is 1.59. The number of carbonyl (C=O) groups is 1. The first-order chi connectivity index (χ1) is 10.5. The molecule has 0 aliphatic rings. The molecule has 0 radical (unpaired) electrons. The molecule has 2 heterocycles. The minimum Gasteiger partial charge on any atom is -0.351 e. The van der Waals surface area contributed by atoms with Crippen molar-refractivity contribution in [3.63, 3.8) is 0 Å². The first kappa shape index (κ1) is 16.5. The fourth-order valence-electron chi connectivity index (χ4n) is 2.01. The van der Waals surface area contributed by atoms with Gasteiger partial charge in [-0.3, -0.25) is 9.78 Å². The van der Waals surface area contributed by atoms with Crippen molar-refractivity contribution < 1.29 is 4.79 Å². The summed E-state index contributed by atoms with van der Waals surface area (Å²) < 4.78 is 2.06. The van der Waals surface area contributed by atoms with Crippen LogP contribution in [0.15, 0.2) is 17.4 Å². The maximum atomic E-state index is 12.1. The van der Waals surface area contributed by atoms with Crippen LogP contribution in [-0.4, -0.2) is 38.0 Å². The minimum atomic E-state index is -0.0932. The van der Waals surface area contributed by atoms with Crippen molar-refractivity contribution in [3.05, 3.63) is 34.9 Å². The Morgan fingerprint density at radius 1 is 1.32 bits per heavy atom. The van der Waals surface area contributed by atoms with Crippen LogP contribution in [0.3, 0.4) is 0 Å². The molecule has 7 heteroatoms. The van der Waals surface area contributed by atoms with Crippen LogP contribution in [0.25, 0.3) is 0 Å². The summed E-state index contributed by atoms with van der Waals surface area (Å²) in [4.78, 5) is 16.3. The average molecular weight is 319 g/mol. The molecule has 0 spiro atoms. The number of thioether (sulfide) groups is 1. The summed E-state index contributed by atoms with van der Waals surface area (Å²) in [6.45, 7) is 9.31. The van der Waals surface area contributed by atoms with Crippen molar-refractivity contribution in [2.75, 3.05) is 12.3 Å². The molecule has 118 valence electrons. The molecule has 1 N–H and O–H groups in total. The molecule has 0 unspecified atom stereocenters. The Labute approximate surface area is 134 Å². The minimum absolute atomic E-state index is 0.0932. The molecule has 2 aromatic heterocycles. The van der Waals surface area contributed by atoms with Crippen LogP contribution >= 0.6 is 11.8 Å². The Kier molecular flexibility index (Phi) is 5.54. The molecule has 2 aromatic rings. The quantitative estimate of drug-likeness (QED) is 0.652. The number of carbonyl (C=O) groups excluding carboxylic acids is 1. The highest BCUT2D eigenvalue weighted by Gasteiger charge is 2.09. The van der Waals surface area contributed by atoms with E-state index in [4.69, 9.17) is 0 Å². The van der Waals surface area contributed by atoms with Crippen LogP contribution in [-0.2, 0) is 6.54 Å². The van der Waals surface area contributed by atoms with E-state index >= 15 is 0 Å². The lowest BCUT2D eigenvalue weighted by atomic mass is 10.1. The van der Waals surface area contributed by atoms with E-state index < -0.39 is 0 Å². The first-order valence-electron chi connectivity index (χ1n) is 7.27. The van der Waals surface area contributed by atoms with Crippen molar-refractivity contribution in [1.82, 2.24) is 25.1 Å². The fourth-order valence-corrected chi connectivity index (χ4v) is 2.91. The van der Waals surface area contributed by atoms with Gasteiger partial charge in [0.25, 0.3) is 5.91 Å². The third-order valence-electron chi connectivity index (χ3n) is 3.44. The SMILES string of the molecule is CCn1c(C)nnc1SCCNC(=O)c1cnc(C)c(C)c1. The van der Waals surface area contributed by atoms with Gasteiger partial charge in [0.1, 0.15) is 5.82 Å². The van der Waals surface area contributed by atoms with E-state index in [1.54, 1.807) is 18.0 Å². The number of aryl methyl sites for hydroxylation is 3. The molecular weight excluding hydrogens is 298 g/mol. The van der Waals surface area contributed by atoms with E-state index in [1.165, 1.54) is 0 Å². The van der Waals surface area contributed by atoms with Gasteiger partial charge in [-0.15, -0.1) is 10.2 Å². The van der Waals surface area contributed by atoms with E-state index in [0.29, 0.717) is 12.1 Å². The summed E-state index contributed by atoms with van der Waals surface area (Å²) in [5, 5.41) is 12.0. The predicted molar refractivity (Wildman–Crippen MR) is 87.2 cm³/mol. The van der Waals surface area contributed by atoms with E-state index in [-0.39, 0.29) is 5.91 Å². The number of rotatable bonds is 6. The summed E-state index contributed by atoms with van der Waals surface area (Å²) in [7, 11) is 0. The second kappa shape index (κ2) is 7.40. The summed E-state index contributed by atoms with van der Waals surface area (Å²) in [6, 6.07) is 1.86. The Balaban J connectivity index is 1.83. The smallest absolute Gasteiger partial charge is 0.252 e. The van der Waals surface area contributed by atoms with E-state index in [0.717, 1.165) is 34.5 Å². The first-order valence-corrected chi connectivity index (χ1v) is 8.25. The van der Waals surface area contributed by atoms with E-state index in [2.05, 4.69) is 32.0 Å². The average Bonchev–Trinajstić information content (AvgIpc) is 2.86. The third kappa shape index (κ3) is 3.85. The lowest BCUT2D eigenvalue weighted by Crippen LogP contribution is -2.26. The topological polar surface area (TPSA) is 72.7 Å². The van der Waals surface area contributed by atoms with Crippen LogP contribution in [0.5, 0.6) is 0 Å². The van der Waals surface area contributed by atoms with Gasteiger partial charge < -0.3 is 9.88 Å². The molecule has 6 nitrogen and oxygen atoms in total. The van der Waals surface area contributed by atoms with Crippen LogP contribution in [0.1, 0.15) is 34.4 Å². The van der Waals surface area contributed by atoms with Crippen LogP contribution in [0.2, 0.25) is 0 Å². The van der Waals surface area contributed by atoms with Gasteiger partial charge in [-0.2, -0.15) is 0 Å². The number of pyridine rings is 1. The number of hydrogen-bond donors (Lipinski definition) is 1. The largest absolute Gasteiger partial charge is 0.351 e. The third-order valence-corrected chi connectivity index (χ3v) is 4.41. The van der Waals surface area contributed by atoms with Crippen LogP contribution in [0, 0.1) is 20.8 Å². The van der Waals surface area contributed by atoms with Gasteiger partial charge in [-0.1, -0.05) is 11.8 Å². The van der Waals surface area contributed by atoms with Gasteiger partial charge in [-0.25, -0.2) is 0 Å². The number of aromatic nitrogens is 4. The molecule has 0 saturated heterocycles. The zero-order valence-electron chi connectivity index (χ0n) is 13.4. The lowest BCUT2D eigenvalue weighted by molar-refractivity contribution is 0.0955. The molecule has 1 amide bonds. The van der Waals surface area contributed by atoms with Gasteiger partial charge in [0.15, 0.2) is 5.16 Å². The van der Waals surface area contributed by atoms with Gasteiger partial charge in [0.2, 0.25) is 0 Å². The van der Waals surface area contributed by atoms with Crippen LogP contribution < -0.4 is 5.32 Å². The molecule has 0 bridgehead atoms. The standard InChI is InChI=1S/C15H21N5OS/c1-5-20-12(4)18-19-15(20)22-7-6-16-14(21)13-8-10(2)11(3)17-9-13/h8-9H,5-7H2,1-4H3,(H,16,21). The van der Waals surface area contributed by atoms with Crippen molar-refractivity contribution in [2.45, 2.75) is 39.4 Å². The molecule has 0 saturated carbocycles. The Morgan fingerprint density at radius 3 is 2.77 bits per heavy atom. The Hall–Kier alpha value is -1.89.